The Balaban J connectivity index is 1.38. The Morgan fingerprint density at radius 2 is 1.74 bits per heavy atom. The second-order valence-electron chi connectivity index (χ2n) is 9.31. The molecule has 3 aromatic rings. The largest absolute Gasteiger partial charge is 0.507 e. The van der Waals surface area contributed by atoms with Crippen molar-refractivity contribution < 1.29 is 19.4 Å². The molecular weight excluding hydrogens is 442 g/mol. The number of hydrogen-bond donors (Lipinski definition) is 2. The van der Waals surface area contributed by atoms with Gasteiger partial charge in [0.05, 0.1) is 24.7 Å². The van der Waals surface area contributed by atoms with Gasteiger partial charge in [0, 0.05) is 37.4 Å². The zero-order valence-electron chi connectivity index (χ0n) is 19.8. The summed E-state index contributed by atoms with van der Waals surface area (Å²) in [4.78, 5) is 30.1. The first-order valence-electron chi connectivity index (χ1n) is 12.3. The van der Waals surface area contributed by atoms with Gasteiger partial charge in [-0.05, 0) is 48.4 Å². The number of rotatable bonds is 5. The van der Waals surface area contributed by atoms with E-state index in [0.29, 0.717) is 45.0 Å². The first-order valence-corrected chi connectivity index (χ1v) is 12.3. The van der Waals surface area contributed by atoms with Crippen molar-refractivity contribution in [2.75, 3.05) is 44.7 Å². The minimum Gasteiger partial charge on any atom is -0.507 e. The number of fused-ring (bicyclic) bond motifs is 1. The van der Waals surface area contributed by atoms with Crippen LogP contribution in [0.2, 0.25) is 0 Å². The van der Waals surface area contributed by atoms with E-state index in [4.69, 9.17) is 4.74 Å². The van der Waals surface area contributed by atoms with E-state index in [0.717, 1.165) is 41.4 Å². The molecule has 2 aliphatic rings. The minimum atomic E-state index is -0.170. The Morgan fingerprint density at radius 3 is 2.54 bits per heavy atom. The third-order valence-corrected chi connectivity index (χ3v) is 6.95. The van der Waals surface area contributed by atoms with E-state index < -0.39 is 0 Å². The van der Waals surface area contributed by atoms with Crippen molar-refractivity contribution in [2.45, 2.75) is 19.4 Å². The predicted octanol–water partition coefficient (Wildman–Crippen LogP) is 3.87. The Labute approximate surface area is 205 Å². The number of phenols is 1. The molecule has 2 aliphatic heterocycles. The molecule has 2 N–H and O–H groups in total. The summed E-state index contributed by atoms with van der Waals surface area (Å²) in [6.07, 6.45) is 1.73. The van der Waals surface area contributed by atoms with E-state index >= 15 is 0 Å². The number of nitrogens with one attached hydrogen (secondary N) is 1. The summed E-state index contributed by atoms with van der Waals surface area (Å²) in [6.45, 7) is 3.97. The van der Waals surface area contributed by atoms with Gasteiger partial charge in [-0.1, -0.05) is 42.5 Å². The highest BCUT2D eigenvalue weighted by molar-refractivity contribution is 6.03. The summed E-state index contributed by atoms with van der Waals surface area (Å²) in [6, 6.07) is 19.1. The minimum absolute atomic E-state index is 0.0197. The maximum absolute atomic E-state index is 13.3. The van der Waals surface area contributed by atoms with Gasteiger partial charge >= 0.3 is 0 Å². The quantitative estimate of drug-likeness (QED) is 0.588. The number of likely N-dealkylation sites (tertiary alicyclic amines) is 1. The third kappa shape index (κ3) is 5.16. The van der Waals surface area contributed by atoms with Crippen LogP contribution in [-0.4, -0.2) is 66.1 Å². The second-order valence-corrected chi connectivity index (χ2v) is 9.31. The lowest BCUT2D eigenvalue weighted by molar-refractivity contribution is -0.121. The van der Waals surface area contributed by atoms with Crippen molar-refractivity contribution in [2.24, 2.45) is 5.92 Å². The van der Waals surface area contributed by atoms with E-state index in [2.05, 4.69) is 10.2 Å². The summed E-state index contributed by atoms with van der Waals surface area (Å²) in [7, 11) is 0. The number of piperidine rings is 1. The SMILES string of the molecule is O=C(Nc1ccccc1)[C@H]1CCCN(Cc2c(O)c(C(=O)N3CCOCC3)cc3ccccc23)C1. The molecule has 182 valence electrons. The number of ether oxygens (including phenoxy) is 1. The highest BCUT2D eigenvalue weighted by atomic mass is 16.5. The van der Waals surface area contributed by atoms with Gasteiger partial charge in [-0.15, -0.1) is 0 Å². The molecule has 2 heterocycles. The number of amides is 2. The Bertz CT molecular complexity index is 1210. The van der Waals surface area contributed by atoms with Gasteiger partial charge in [0.25, 0.3) is 5.91 Å². The third-order valence-electron chi connectivity index (χ3n) is 6.95. The number of anilines is 1. The predicted molar refractivity (Wildman–Crippen MR) is 135 cm³/mol. The molecule has 35 heavy (non-hydrogen) atoms. The molecule has 0 aromatic heterocycles. The lowest BCUT2D eigenvalue weighted by atomic mass is 9.94. The Morgan fingerprint density at radius 1 is 1.00 bits per heavy atom. The zero-order valence-corrected chi connectivity index (χ0v) is 19.8. The number of benzene rings is 3. The Hall–Kier alpha value is -3.42. The Kier molecular flexibility index (Phi) is 6.97. The molecule has 7 heteroatoms. The fourth-order valence-electron chi connectivity index (χ4n) is 5.07. The molecule has 0 bridgehead atoms. The van der Waals surface area contributed by atoms with Crippen LogP contribution in [0, 0.1) is 5.92 Å². The number of nitrogens with zero attached hydrogens (tertiary/aromatic N) is 2. The number of carbonyl (C=O) groups excluding carboxylic acids is 2. The van der Waals surface area contributed by atoms with Crippen molar-refractivity contribution in [1.29, 1.82) is 0 Å². The van der Waals surface area contributed by atoms with Crippen molar-refractivity contribution in [3.8, 4) is 5.75 Å². The number of carbonyl (C=O) groups is 2. The molecule has 2 saturated heterocycles. The van der Waals surface area contributed by atoms with Crippen LogP contribution in [0.1, 0.15) is 28.8 Å². The summed E-state index contributed by atoms with van der Waals surface area (Å²) < 4.78 is 5.38. The van der Waals surface area contributed by atoms with Crippen molar-refractivity contribution in [1.82, 2.24) is 9.80 Å². The number of hydrogen-bond acceptors (Lipinski definition) is 5. The number of morpholine rings is 1. The topological polar surface area (TPSA) is 82.1 Å². The van der Waals surface area contributed by atoms with E-state index in [-0.39, 0.29) is 23.5 Å². The molecule has 5 rings (SSSR count). The molecule has 2 amide bonds. The number of phenolic OH excluding ortho intramolecular Hbond substituents is 1. The van der Waals surface area contributed by atoms with Crippen LogP contribution in [0.15, 0.2) is 60.7 Å². The fourth-order valence-corrected chi connectivity index (χ4v) is 5.07. The molecular formula is C28H31N3O4. The molecule has 0 aliphatic carbocycles. The van der Waals surface area contributed by atoms with E-state index in [1.165, 1.54) is 0 Å². The van der Waals surface area contributed by atoms with Gasteiger partial charge in [-0.3, -0.25) is 14.5 Å². The van der Waals surface area contributed by atoms with Crippen molar-refractivity contribution >= 4 is 28.3 Å². The van der Waals surface area contributed by atoms with E-state index in [1.54, 1.807) is 11.0 Å². The fraction of sp³-hybridized carbons (Fsp3) is 0.357. The first-order chi connectivity index (χ1) is 17.1. The smallest absolute Gasteiger partial charge is 0.257 e. The summed E-state index contributed by atoms with van der Waals surface area (Å²) in [5.41, 5.74) is 1.87. The van der Waals surface area contributed by atoms with Crippen LogP contribution < -0.4 is 5.32 Å². The highest BCUT2D eigenvalue weighted by Crippen LogP contribution is 2.34. The second kappa shape index (κ2) is 10.5. The van der Waals surface area contributed by atoms with Gasteiger partial charge in [-0.25, -0.2) is 0 Å². The van der Waals surface area contributed by atoms with Crippen LogP contribution in [0.25, 0.3) is 10.8 Å². The molecule has 0 saturated carbocycles. The van der Waals surface area contributed by atoms with Gasteiger partial charge in [0.1, 0.15) is 5.75 Å². The normalized spacial score (nSPS) is 19.0. The molecule has 0 unspecified atom stereocenters. The highest BCUT2D eigenvalue weighted by Gasteiger charge is 2.29. The van der Waals surface area contributed by atoms with Gasteiger partial charge in [-0.2, -0.15) is 0 Å². The molecule has 2 fully saturated rings. The van der Waals surface area contributed by atoms with Crippen LogP contribution in [-0.2, 0) is 16.1 Å². The summed E-state index contributed by atoms with van der Waals surface area (Å²) >= 11 is 0. The van der Waals surface area contributed by atoms with Crippen LogP contribution in [0.3, 0.4) is 0 Å². The average Bonchev–Trinajstić information content (AvgIpc) is 2.91. The standard InChI is InChI=1S/C28H31N3O4/c32-26-24(28(34)31-13-15-35-16-14-31)17-20-7-4-5-11-23(20)25(26)19-30-12-6-8-21(18-30)27(33)29-22-9-2-1-3-10-22/h1-5,7,9-11,17,21,32H,6,8,12-16,18-19H2,(H,29,33)/t21-/m0/s1. The summed E-state index contributed by atoms with van der Waals surface area (Å²) in [5, 5.41) is 16.2. The van der Waals surface area contributed by atoms with Crippen LogP contribution in [0.4, 0.5) is 5.69 Å². The monoisotopic (exact) mass is 473 g/mol. The van der Waals surface area contributed by atoms with Crippen molar-refractivity contribution in [3.05, 3.63) is 71.8 Å². The maximum Gasteiger partial charge on any atom is 0.257 e. The molecule has 0 spiro atoms. The maximum atomic E-state index is 13.3. The summed E-state index contributed by atoms with van der Waals surface area (Å²) in [5.74, 6) is -0.241. The number of para-hydroxylation sites is 1. The van der Waals surface area contributed by atoms with Gasteiger partial charge in [0.15, 0.2) is 0 Å². The lowest BCUT2D eigenvalue weighted by Gasteiger charge is -2.33. The number of aromatic hydroxyl groups is 1. The molecule has 0 radical (unpaired) electrons. The van der Waals surface area contributed by atoms with E-state index in [9.17, 15) is 14.7 Å². The first kappa shape index (κ1) is 23.3. The molecule has 3 aromatic carbocycles. The average molecular weight is 474 g/mol. The van der Waals surface area contributed by atoms with E-state index in [1.807, 2.05) is 54.6 Å². The van der Waals surface area contributed by atoms with Crippen LogP contribution >= 0.6 is 0 Å². The lowest BCUT2D eigenvalue weighted by Crippen LogP contribution is -2.41. The zero-order chi connectivity index (χ0) is 24.2. The van der Waals surface area contributed by atoms with Gasteiger partial charge in [0.2, 0.25) is 5.91 Å². The van der Waals surface area contributed by atoms with Crippen molar-refractivity contribution in [3.63, 3.8) is 0 Å². The molecule has 7 nitrogen and oxygen atoms in total. The van der Waals surface area contributed by atoms with Crippen LogP contribution in [0.5, 0.6) is 5.75 Å². The van der Waals surface area contributed by atoms with Gasteiger partial charge < -0.3 is 20.1 Å². The molecule has 1 atom stereocenters.